The molecule has 1 heterocycles. The van der Waals surface area contributed by atoms with Crippen LogP contribution < -0.4 is 5.32 Å². The van der Waals surface area contributed by atoms with Gasteiger partial charge in [-0.2, -0.15) is 4.31 Å². The number of likely N-dealkylation sites (N-methyl/N-ethyl adjacent to an activating group) is 2. The Balaban J connectivity index is 2.76. The Labute approximate surface area is 149 Å². The van der Waals surface area contributed by atoms with E-state index in [1.165, 1.54) is 36.5 Å². The van der Waals surface area contributed by atoms with Gasteiger partial charge in [0.25, 0.3) is 0 Å². The average Bonchev–Trinajstić information content (AvgIpc) is 2.51. The minimum atomic E-state index is -3.81. The molecule has 0 aliphatic rings. The smallest absolute Gasteiger partial charge is 0.244 e. The Hall–Kier alpha value is -2.00. The Morgan fingerprint density at radius 1 is 1.24 bits per heavy atom. The van der Waals surface area contributed by atoms with Crippen molar-refractivity contribution < 1.29 is 18.0 Å². The topological polar surface area (TPSA) is 99.7 Å². The molecule has 1 rings (SSSR count). The van der Waals surface area contributed by atoms with Gasteiger partial charge in [0.1, 0.15) is 4.90 Å². The van der Waals surface area contributed by atoms with Crippen LogP contribution in [0.4, 0.5) is 0 Å². The summed E-state index contributed by atoms with van der Waals surface area (Å²) in [4.78, 5) is 29.5. The molecule has 1 N–H and O–H groups in total. The van der Waals surface area contributed by atoms with Crippen LogP contribution in [-0.4, -0.2) is 66.6 Å². The molecule has 140 valence electrons. The summed E-state index contributed by atoms with van der Waals surface area (Å²) in [5.74, 6) is -0.734. The number of hydrogen-bond acceptors (Lipinski definition) is 5. The van der Waals surface area contributed by atoms with Crippen molar-refractivity contribution in [1.29, 1.82) is 0 Å². The molecule has 1 aromatic heterocycles. The second-order valence-corrected chi connectivity index (χ2v) is 8.70. The number of amides is 2. The van der Waals surface area contributed by atoms with Gasteiger partial charge < -0.3 is 10.2 Å². The van der Waals surface area contributed by atoms with E-state index in [0.29, 0.717) is 6.54 Å². The van der Waals surface area contributed by atoms with Gasteiger partial charge in [0.15, 0.2) is 0 Å². The lowest BCUT2D eigenvalue weighted by Gasteiger charge is -2.26. The molecule has 0 spiro atoms. The minimum absolute atomic E-state index is 0.0128. The van der Waals surface area contributed by atoms with Crippen LogP contribution >= 0.6 is 0 Å². The van der Waals surface area contributed by atoms with Crippen LogP contribution in [0.2, 0.25) is 0 Å². The summed E-state index contributed by atoms with van der Waals surface area (Å²) < 4.78 is 25.8. The zero-order valence-electron chi connectivity index (χ0n) is 15.3. The molecule has 0 fully saturated rings. The van der Waals surface area contributed by atoms with Crippen molar-refractivity contribution in [2.24, 2.45) is 0 Å². The summed E-state index contributed by atoms with van der Waals surface area (Å²) in [5, 5.41) is 2.78. The first-order valence-corrected chi connectivity index (χ1v) is 9.36. The van der Waals surface area contributed by atoms with Crippen molar-refractivity contribution in [3.63, 3.8) is 0 Å². The molecule has 0 radical (unpaired) electrons. The SMILES string of the molecule is CCN(CC(=O)NC(C)(C)C)C(=O)CN(C)S(=O)(=O)c1cccnc1. The van der Waals surface area contributed by atoms with Gasteiger partial charge in [-0.25, -0.2) is 8.42 Å². The van der Waals surface area contributed by atoms with Crippen LogP contribution in [0.3, 0.4) is 0 Å². The Morgan fingerprint density at radius 2 is 1.88 bits per heavy atom. The van der Waals surface area contributed by atoms with E-state index >= 15 is 0 Å². The van der Waals surface area contributed by atoms with Crippen LogP contribution in [0.15, 0.2) is 29.4 Å². The maximum atomic E-state index is 12.4. The van der Waals surface area contributed by atoms with Crippen molar-refractivity contribution in [2.75, 3.05) is 26.7 Å². The number of carbonyl (C=O) groups is 2. The average molecular weight is 370 g/mol. The van der Waals surface area contributed by atoms with E-state index in [1.54, 1.807) is 6.92 Å². The van der Waals surface area contributed by atoms with Crippen LogP contribution in [-0.2, 0) is 19.6 Å². The molecule has 8 nitrogen and oxygen atoms in total. The van der Waals surface area contributed by atoms with Gasteiger partial charge in [-0.05, 0) is 39.8 Å². The lowest BCUT2D eigenvalue weighted by atomic mass is 10.1. The maximum absolute atomic E-state index is 12.4. The molecule has 25 heavy (non-hydrogen) atoms. The highest BCUT2D eigenvalue weighted by molar-refractivity contribution is 7.89. The first-order valence-electron chi connectivity index (χ1n) is 7.92. The number of carbonyl (C=O) groups excluding carboxylic acids is 2. The van der Waals surface area contributed by atoms with Crippen molar-refractivity contribution in [1.82, 2.24) is 19.5 Å². The lowest BCUT2D eigenvalue weighted by molar-refractivity contribution is -0.136. The second kappa shape index (κ2) is 8.39. The largest absolute Gasteiger partial charge is 0.350 e. The fraction of sp³-hybridized carbons (Fsp3) is 0.562. The summed E-state index contributed by atoms with van der Waals surface area (Å²) in [6.45, 7) is 7.10. The normalized spacial score (nSPS) is 12.1. The third-order valence-electron chi connectivity index (χ3n) is 3.28. The number of aromatic nitrogens is 1. The van der Waals surface area contributed by atoms with Gasteiger partial charge in [-0.15, -0.1) is 0 Å². The van der Waals surface area contributed by atoms with Crippen LogP contribution in [0.5, 0.6) is 0 Å². The molecule has 2 amide bonds. The van der Waals surface area contributed by atoms with E-state index in [0.717, 1.165) is 4.31 Å². The molecule has 0 atom stereocenters. The molecule has 1 aromatic rings. The third-order valence-corrected chi connectivity index (χ3v) is 5.07. The quantitative estimate of drug-likeness (QED) is 0.752. The van der Waals surface area contributed by atoms with Crippen LogP contribution in [0, 0.1) is 0 Å². The van der Waals surface area contributed by atoms with E-state index < -0.39 is 21.5 Å². The predicted molar refractivity (Wildman–Crippen MR) is 94.2 cm³/mol. The van der Waals surface area contributed by atoms with Gasteiger partial charge in [0.05, 0.1) is 13.1 Å². The van der Waals surface area contributed by atoms with E-state index in [9.17, 15) is 18.0 Å². The molecule has 0 bridgehead atoms. The Bertz CT molecular complexity index is 699. The van der Waals surface area contributed by atoms with E-state index in [2.05, 4.69) is 10.3 Å². The van der Waals surface area contributed by atoms with Crippen LogP contribution in [0.25, 0.3) is 0 Å². The molecule has 9 heteroatoms. The first-order chi connectivity index (χ1) is 11.5. The van der Waals surface area contributed by atoms with E-state index in [4.69, 9.17) is 0 Å². The summed E-state index contributed by atoms with van der Waals surface area (Å²) in [6.07, 6.45) is 2.70. The molecular formula is C16H26N4O4S. The van der Waals surface area contributed by atoms with Crippen molar-refractivity contribution in [3.05, 3.63) is 24.5 Å². The molecule has 0 aromatic carbocycles. The van der Waals surface area contributed by atoms with Gasteiger partial charge in [0, 0.05) is 31.5 Å². The standard InChI is InChI=1S/C16H26N4O4S/c1-6-20(11-14(21)18-16(2,3)4)15(22)12-19(5)25(23,24)13-8-7-9-17-10-13/h7-10H,6,11-12H2,1-5H3,(H,18,21). The summed E-state index contributed by atoms with van der Waals surface area (Å²) in [7, 11) is -2.49. The van der Waals surface area contributed by atoms with Crippen molar-refractivity contribution >= 4 is 21.8 Å². The third kappa shape index (κ3) is 6.43. The fourth-order valence-electron chi connectivity index (χ4n) is 2.06. The number of nitrogens with zero attached hydrogens (tertiary/aromatic N) is 3. The number of pyridine rings is 1. The number of sulfonamides is 1. The van der Waals surface area contributed by atoms with Gasteiger partial charge in [-0.1, -0.05) is 0 Å². The highest BCUT2D eigenvalue weighted by Crippen LogP contribution is 2.12. The van der Waals surface area contributed by atoms with E-state index in [-0.39, 0.29) is 23.9 Å². The van der Waals surface area contributed by atoms with Crippen molar-refractivity contribution in [2.45, 2.75) is 38.1 Å². The second-order valence-electron chi connectivity index (χ2n) is 6.66. The van der Waals surface area contributed by atoms with E-state index in [1.807, 2.05) is 20.8 Å². The molecule has 0 saturated heterocycles. The van der Waals surface area contributed by atoms with Gasteiger partial charge in [-0.3, -0.25) is 14.6 Å². The van der Waals surface area contributed by atoms with Gasteiger partial charge >= 0.3 is 0 Å². The summed E-state index contributed by atoms with van der Waals surface area (Å²) in [6, 6.07) is 2.93. The monoisotopic (exact) mass is 370 g/mol. The lowest BCUT2D eigenvalue weighted by Crippen LogP contribution is -2.49. The Morgan fingerprint density at radius 3 is 2.36 bits per heavy atom. The highest BCUT2D eigenvalue weighted by Gasteiger charge is 2.26. The molecule has 0 aliphatic carbocycles. The highest BCUT2D eigenvalue weighted by atomic mass is 32.2. The first kappa shape index (κ1) is 21.0. The summed E-state index contributed by atoms with van der Waals surface area (Å²) >= 11 is 0. The number of rotatable bonds is 7. The summed E-state index contributed by atoms with van der Waals surface area (Å²) in [5.41, 5.74) is -0.403. The number of hydrogen-bond donors (Lipinski definition) is 1. The van der Waals surface area contributed by atoms with Gasteiger partial charge in [0.2, 0.25) is 21.8 Å². The zero-order valence-corrected chi connectivity index (χ0v) is 16.1. The maximum Gasteiger partial charge on any atom is 0.244 e. The molecule has 0 saturated carbocycles. The van der Waals surface area contributed by atoms with Crippen LogP contribution in [0.1, 0.15) is 27.7 Å². The minimum Gasteiger partial charge on any atom is -0.350 e. The molecule has 0 aliphatic heterocycles. The molecule has 0 unspecified atom stereocenters. The Kier molecular flexibility index (Phi) is 7.06. The zero-order chi connectivity index (χ0) is 19.3. The molecular weight excluding hydrogens is 344 g/mol. The number of nitrogens with one attached hydrogen (secondary N) is 1. The van der Waals surface area contributed by atoms with Crippen molar-refractivity contribution in [3.8, 4) is 0 Å². The fourth-order valence-corrected chi connectivity index (χ4v) is 3.15. The predicted octanol–water partition coefficient (Wildman–Crippen LogP) is 0.465.